The number of fused-ring (bicyclic) bond motifs is 5. The second kappa shape index (κ2) is 18.3. The van der Waals surface area contributed by atoms with Gasteiger partial charge in [-0.25, -0.2) is 19.9 Å². The molecule has 0 bridgehead atoms. The van der Waals surface area contributed by atoms with Crippen molar-refractivity contribution in [2.75, 3.05) is 11.1 Å². The van der Waals surface area contributed by atoms with E-state index in [1.54, 1.807) is 52.5 Å². The Morgan fingerprint density at radius 2 is 1.15 bits per heavy atom. The molecule has 3 aliphatic carbocycles. The van der Waals surface area contributed by atoms with Gasteiger partial charge in [0.1, 0.15) is 52.7 Å². The van der Waals surface area contributed by atoms with Crippen LogP contribution in [-0.2, 0) is 11.3 Å². The number of Topliss-reactive ketones (excluding diaryl/α,β-unsaturated/α-hetero) is 1. The van der Waals surface area contributed by atoms with Crippen molar-refractivity contribution in [1.82, 2.24) is 54.7 Å². The van der Waals surface area contributed by atoms with Crippen molar-refractivity contribution in [3.8, 4) is 0 Å². The molecule has 10 heterocycles. The average molecular weight is 1060 g/mol. The van der Waals surface area contributed by atoms with Gasteiger partial charge in [0.15, 0.2) is 5.78 Å². The number of carbonyl (C=O) groups is 3. The zero-order valence-electron chi connectivity index (χ0n) is 38.8. The number of halogens is 3. The maximum atomic E-state index is 13.1. The fourth-order valence-corrected chi connectivity index (χ4v) is 9.71. The zero-order chi connectivity index (χ0) is 50.1. The van der Waals surface area contributed by atoms with Crippen molar-refractivity contribution in [3.05, 3.63) is 131 Å². The van der Waals surface area contributed by atoms with Gasteiger partial charge in [-0.2, -0.15) is 0 Å². The number of nitrogens with one attached hydrogen (secondary N) is 3. The largest absolute Gasteiger partial charge is 0.383 e. The number of nitrogens with two attached hydrogens (primary N) is 1. The van der Waals surface area contributed by atoms with Crippen LogP contribution in [0.25, 0.3) is 21.8 Å². The summed E-state index contributed by atoms with van der Waals surface area (Å²) in [6.07, 6.45) is 17.5. The molecule has 0 unspecified atom stereocenters. The molecule has 19 nitrogen and oxygen atoms in total. The number of ketones is 1. The Hall–Kier alpha value is -7.03. The number of aromatic nitrogens is 9. The highest BCUT2D eigenvalue weighted by Gasteiger charge is 2.39. The third kappa shape index (κ3) is 9.50. The average Bonchev–Trinajstić information content (AvgIpc) is 4.18. The smallest absolute Gasteiger partial charge is 0.276 e. The van der Waals surface area contributed by atoms with Gasteiger partial charge in [-0.3, -0.25) is 53.1 Å². The van der Waals surface area contributed by atoms with Gasteiger partial charge in [0, 0.05) is 66.1 Å². The van der Waals surface area contributed by atoms with Crippen LogP contribution in [-0.4, -0.2) is 67.8 Å². The molecule has 0 radical (unpaired) electrons. The van der Waals surface area contributed by atoms with Gasteiger partial charge in [0.25, 0.3) is 22.9 Å². The molecule has 71 heavy (non-hydrogen) atoms. The number of nitrogens with zero attached hydrogens (tertiary/aromatic N) is 10. The predicted molar refractivity (Wildman–Crippen MR) is 272 cm³/mol. The lowest BCUT2D eigenvalue weighted by Gasteiger charge is -2.22. The van der Waals surface area contributed by atoms with E-state index in [9.17, 15) is 24.0 Å². The first-order chi connectivity index (χ1) is 33.9. The molecule has 0 aromatic carbocycles. The first kappa shape index (κ1) is 47.6. The Labute approximate surface area is 423 Å². The molecule has 2 amide bonds. The van der Waals surface area contributed by atoms with Crippen LogP contribution in [0.1, 0.15) is 139 Å². The second-order valence-electron chi connectivity index (χ2n) is 19.0. The van der Waals surface area contributed by atoms with Crippen LogP contribution in [0.5, 0.6) is 0 Å². The molecule has 3 aliphatic heterocycles. The summed E-state index contributed by atoms with van der Waals surface area (Å²) in [5.74, 6) is 2.18. The Bertz CT molecular complexity index is 3550. The number of hydrogen-bond acceptors (Lipinski definition) is 15. The first-order valence-corrected chi connectivity index (χ1v) is 24.5. The number of rotatable bonds is 5. The lowest BCUT2D eigenvalue weighted by Crippen LogP contribution is -2.42. The fraction of sp³-hybridized carbons (Fsp3) is 0.327. The van der Waals surface area contributed by atoms with Crippen molar-refractivity contribution in [2.24, 2.45) is 4.99 Å². The number of carbonyl (C=O) groups excluding carboxylic acids is 3. The zero-order valence-corrected chi connectivity index (χ0v) is 41.9. The molecule has 13 rings (SSSR count). The second-order valence-corrected chi connectivity index (χ2v) is 20.7. The molecule has 0 saturated heterocycles. The topological polar surface area (TPSA) is 260 Å². The quantitative estimate of drug-likeness (QED) is 0.126. The molecule has 7 aromatic heterocycles. The molecule has 6 aliphatic rings. The van der Waals surface area contributed by atoms with E-state index < -0.39 is 11.3 Å². The molecule has 0 atom stereocenters. The van der Waals surface area contributed by atoms with Crippen molar-refractivity contribution >= 4 is 108 Å². The summed E-state index contributed by atoms with van der Waals surface area (Å²) >= 11 is 15.3. The van der Waals surface area contributed by atoms with Crippen molar-refractivity contribution in [1.29, 1.82) is 0 Å². The molecular weight excluding hydrogens is 1020 g/mol. The lowest BCUT2D eigenvalue weighted by atomic mass is 10.1. The van der Waals surface area contributed by atoms with Gasteiger partial charge in [-0.15, -0.1) is 0 Å². The third-order valence-corrected chi connectivity index (χ3v) is 13.9. The SMILES string of the molecule is CC1(C)NC(=O)c2c(Cl)cc(Br)c(=O)n21.CC1(C)NC(=O)c2c(Cl)cc(Nc3ncnc4cc(C5CC5)ncc34)c(=O)n21.Nc1ncnc2cc(C3CC3)ncc12.O=C1CC=Nc2cc(C3CC3)ncc21. The van der Waals surface area contributed by atoms with Crippen LogP contribution in [0, 0.1) is 0 Å². The number of nitrogen functional groups attached to an aromatic ring is 1. The number of aliphatic imine (C=N–C) groups is 1. The van der Waals surface area contributed by atoms with Gasteiger partial charge in [0.2, 0.25) is 0 Å². The van der Waals surface area contributed by atoms with Gasteiger partial charge in [-0.1, -0.05) is 23.2 Å². The van der Waals surface area contributed by atoms with Crippen molar-refractivity contribution in [3.63, 3.8) is 0 Å². The van der Waals surface area contributed by atoms with E-state index in [0.29, 0.717) is 51.2 Å². The van der Waals surface area contributed by atoms with Crippen LogP contribution in [0.15, 0.2) is 80.6 Å². The van der Waals surface area contributed by atoms with Crippen molar-refractivity contribution < 1.29 is 14.4 Å². The Morgan fingerprint density at radius 1 is 0.648 bits per heavy atom. The minimum Gasteiger partial charge on any atom is -0.383 e. The van der Waals surface area contributed by atoms with Crippen LogP contribution < -0.4 is 32.8 Å². The third-order valence-electron chi connectivity index (χ3n) is 12.7. The first-order valence-electron chi connectivity index (χ1n) is 22.9. The molecule has 3 fully saturated rings. The maximum absolute atomic E-state index is 13.1. The predicted octanol–water partition coefficient (Wildman–Crippen LogP) is 8.33. The lowest BCUT2D eigenvalue weighted by molar-refractivity contribution is 0.0925. The highest BCUT2D eigenvalue weighted by molar-refractivity contribution is 9.10. The number of hydrogen-bond donors (Lipinski definition) is 4. The monoisotopic (exact) mass is 1060 g/mol. The summed E-state index contributed by atoms with van der Waals surface area (Å²) in [4.78, 5) is 94.3. The Kier molecular flexibility index (Phi) is 12.3. The summed E-state index contributed by atoms with van der Waals surface area (Å²) in [7, 11) is 0. The van der Waals surface area contributed by atoms with Gasteiger partial charge >= 0.3 is 0 Å². The van der Waals surface area contributed by atoms with E-state index in [1.807, 2.05) is 18.2 Å². The number of anilines is 3. The minimum atomic E-state index is -0.876. The summed E-state index contributed by atoms with van der Waals surface area (Å²) in [6.45, 7) is 6.97. The number of pyridine rings is 5. The van der Waals surface area contributed by atoms with E-state index in [-0.39, 0.29) is 55.8 Å². The van der Waals surface area contributed by atoms with E-state index >= 15 is 0 Å². The van der Waals surface area contributed by atoms with E-state index in [1.165, 1.54) is 59.6 Å². The summed E-state index contributed by atoms with van der Waals surface area (Å²) in [6, 6.07) is 8.84. The number of amides is 2. The molecular formula is C49H45BrCl2N14O5. The van der Waals surface area contributed by atoms with Gasteiger partial charge in [0.05, 0.1) is 47.6 Å². The van der Waals surface area contributed by atoms with E-state index in [0.717, 1.165) is 52.0 Å². The summed E-state index contributed by atoms with van der Waals surface area (Å²) in [5.41, 5.74) is 10.5. The molecule has 22 heteroatoms. The summed E-state index contributed by atoms with van der Waals surface area (Å²) < 4.78 is 3.08. The normalized spacial score (nSPS) is 17.6. The van der Waals surface area contributed by atoms with Crippen LogP contribution >= 0.6 is 39.1 Å². The van der Waals surface area contributed by atoms with E-state index in [4.69, 9.17) is 28.9 Å². The highest BCUT2D eigenvalue weighted by atomic mass is 79.9. The Balaban J connectivity index is 0.000000116. The van der Waals surface area contributed by atoms with Crippen molar-refractivity contribution in [2.45, 2.75) is 102 Å². The Morgan fingerprint density at radius 3 is 1.75 bits per heavy atom. The maximum Gasteiger partial charge on any atom is 0.276 e. The minimum absolute atomic E-state index is 0.129. The standard InChI is InChI=1S/C19H17ClN6O2.C11H10N2O.C10H10N4.C9H8BrClN2O2/c1-19(2)25-17(27)15-11(20)5-14(18(28)26(15)19)24-16-10-7-21-12(9-3-4-9)6-13(10)22-8-23-16;14-11-3-4-12-10-5-9(7-1-2-7)13-6-8(10)11;11-10-7-4-12-8(6-1-2-6)3-9(7)13-5-14-10;1-9(2)12-7(14)6-5(11)3-4(10)8(15)13(6)9/h5-9H,3-4H2,1-2H3,(H,25,27)(H,22,23,24);4-7H,1-3H2;3-6H,1-2H2,(H2,11,13,14);3H,1-2H3,(H,12,14). The fourth-order valence-electron chi connectivity index (χ4n) is 8.61. The van der Waals surface area contributed by atoms with Crippen LogP contribution in [0.3, 0.4) is 0 Å². The van der Waals surface area contributed by atoms with Crippen LogP contribution in [0.4, 0.5) is 23.0 Å². The molecule has 3 saturated carbocycles. The van der Waals surface area contributed by atoms with Gasteiger partial charge in [-0.05, 0) is 112 Å². The van der Waals surface area contributed by atoms with Gasteiger partial charge < -0.3 is 21.7 Å². The van der Waals surface area contributed by atoms with Crippen LogP contribution in [0.2, 0.25) is 10.0 Å². The van der Waals surface area contributed by atoms with E-state index in [2.05, 4.69) is 71.8 Å². The molecule has 5 N–H and O–H groups in total. The molecule has 7 aromatic rings. The highest BCUT2D eigenvalue weighted by Crippen LogP contribution is 2.42. The molecule has 0 spiro atoms. The summed E-state index contributed by atoms with van der Waals surface area (Å²) in [5, 5.41) is 10.5. The molecule has 362 valence electrons.